The van der Waals surface area contributed by atoms with Gasteiger partial charge in [0.1, 0.15) is 5.15 Å². The fraction of sp³-hybridized carbons (Fsp3) is 0.182. The Labute approximate surface area is 111 Å². The summed E-state index contributed by atoms with van der Waals surface area (Å²) in [4.78, 5) is 4.30. The molecule has 0 saturated heterocycles. The first-order chi connectivity index (χ1) is 7.72. The molecule has 2 aromatic heterocycles. The lowest BCUT2D eigenvalue weighted by molar-refractivity contribution is 1.32. The maximum absolute atomic E-state index is 5.98. The van der Waals surface area contributed by atoms with Crippen molar-refractivity contribution in [3.8, 4) is 0 Å². The van der Waals surface area contributed by atoms with E-state index in [4.69, 9.17) is 11.6 Å². The van der Waals surface area contributed by atoms with E-state index in [0.717, 1.165) is 26.9 Å². The van der Waals surface area contributed by atoms with Gasteiger partial charge in [0.25, 0.3) is 0 Å². The lowest BCUT2D eigenvalue weighted by atomic mass is 10.3. The summed E-state index contributed by atoms with van der Waals surface area (Å²) >= 11 is 11.1. The number of allylic oxidation sites excluding steroid dienone is 1. The van der Waals surface area contributed by atoms with Crippen molar-refractivity contribution in [1.82, 2.24) is 4.98 Å². The monoisotopic (exact) mass is 316 g/mol. The summed E-state index contributed by atoms with van der Waals surface area (Å²) in [6.07, 6.45) is 4.07. The van der Waals surface area contributed by atoms with E-state index in [1.54, 1.807) is 11.3 Å². The quantitative estimate of drug-likeness (QED) is 0.655. The van der Waals surface area contributed by atoms with Crippen LogP contribution in [0.3, 0.4) is 0 Å². The predicted octanol–water partition coefficient (Wildman–Crippen LogP) is 4.70. The SMILES string of the molecule is C/C=C/CNc1cc(Cl)nc2c(Br)csc12. The molecule has 0 aliphatic carbocycles. The molecule has 1 N–H and O–H groups in total. The summed E-state index contributed by atoms with van der Waals surface area (Å²) in [7, 11) is 0. The number of nitrogens with one attached hydrogen (secondary N) is 1. The van der Waals surface area contributed by atoms with Crippen LogP contribution in [0.1, 0.15) is 6.92 Å². The number of halogens is 2. The van der Waals surface area contributed by atoms with E-state index in [9.17, 15) is 0 Å². The highest BCUT2D eigenvalue weighted by atomic mass is 79.9. The molecular formula is C11H10BrClN2S. The molecule has 0 aromatic carbocycles. The van der Waals surface area contributed by atoms with Gasteiger partial charge in [0.2, 0.25) is 0 Å². The van der Waals surface area contributed by atoms with Crippen LogP contribution >= 0.6 is 38.9 Å². The van der Waals surface area contributed by atoms with Crippen LogP contribution < -0.4 is 5.32 Å². The van der Waals surface area contributed by atoms with Crippen molar-refractivity contribution in [2.75, 3.05) is 11.9 Å². The highest BCUT2D eigenvalue weighted by Gasteiger charge is 2.09. The summed E-state index contributed by atoms with van der Waals surface area (Å²) in [6, 6.07) is 1.86. The standard InChI is InChI=1S/C11H10BrClN2S/c1-2-3-4-14-8-5-9(13)15-10-7(12)6-16-11(8)10/h2-3,5-6H,4H2,1H3,(H,14,15)/b3-2+. The smallest absolute Gasteiger partial charge is 0.131 e. The molecule has 2 aromatic rings. The molecule has 0 amide bonds. The van der Waals surface area contributed by atoms with Crippen molar-refractivity contribution < 1.29 is 0 Å². The van der Waals surface area contributed by atoms with E-state index < -0.39 is 0 Å². The van der Waals surface area contributed by atoms with Crippen molar-refractivity contribution in [1.29, 1.82) is 0 Å². The topological polar surface area (TPSA) is 24.9 Å². The molecule has 5 heteroatoms. The second kappa shape index (κ2) is 5.17. The van der Waals surface area contributed by atoms with E-state index >= 15 is 0 Å². The number of rotatable bonds is 3. The molecule has 84 valence electrons. The Morgan fingerprint density at radius 2 is 2.44 bits per heavy atom. The third kappa shape index (κ3) is 2.39. The zero-order valence-electron chi connectivity index (χ0n) is 8.63. The third-order valence-corrected chi connectivity index (χ3v) is 4.20. The molecule has 16 heavy (non-hydrogen) atoms. The number of hydrogen-bond acceptors (Lipinski definition) is 3. The second-order valence-corrected chi connectivity index (χ2v) is 5.33. The van der Waals surface area contributed by atoms with Gasteiger partial charge in [0.05, 0.1) is 20.4 Å². The Morgan fingerprint density at radius 3 is 3.19 bits per heavy atom. The van der Waals surface area contributed by atoms with E-state index in [2.05, 4.69) is 32.3 Å². The Kier molecular flexibility index (Phi) is 3.84. The molecule has 0 radical (unpaired) electrons. The van der Waals surface area contributed by atoms with Crippen molar-refractivity contribution in [3.05, 3.63) is 33.2 Å². The van der Waals surface area contributed by atoms with Gasteiger partial charge in [-0.25, -0.2) is 4.98 Å². The fourth-order valence-corrected chi connectivity index (χ4v) is 3.12. The number of fused-ring (bicyclic) bond motifs is 1. The molecule has 0 atom stereocenters. The Morgan fingerprint density at radius 1 is 1.62 bits per heavy atom. The maximum Gasteiger partial charge on any atom is 0.131 e. The molecule has 0 spiro atoms. The Bertz CT molecular complexity index is 536. The number of pyridine rings is 1. The highest BCUT2D eigenvalue weighted by Crippen LogP contribution is 2.35. The molecule has 2 nitrogen and oxygen atoms in total. The van der Waals surface area contributed by atoms with Crippen molar-refractivity contribution in [2.24, 2.45) is 0 Å². The van der Waals surface area contributed by atoms with E-state index in [1.807, 2.05) is 24.4 Å². The molecule has 0 saturated carbocycles. The fourth-order valence-electron chi connectivity index (χ4n) is 1.37. The molecule has 0 aliphatic heterocycles. The van der Waals surface area contributed by atoms with Gasteiger partial charge in [-0.2, -0.15) is 0 Å². The van der Waals surface area contributed by atoms with Crippen LogP contribution in [0.15, 0.2) is 28.1 Å². The van der Waals surface area contributed by atoms with E-state index in [0.29, 0.717) is 5.15 Å². The molecule has 2 heterocycles. The Hall–Kier alpha value is -0.580. The summed E-state index contributed by atoms with van der Waals surface area (Å²) < 4.78 is 2.12. The average Bonchev–Trinajstić information content (AvgIpc) is 2.61. The zero-order chi connectivity index (χ0) is 11.5. The van der Waals surface area contributed by atoms with Gasteiger partial charge in [-0.1, -0.05) is 23.8 Å². The molecular weight excluding hydrogens is 308 g/mol. The van der Waals surface area contributed by atoms with Crippen molar-refractivity contribution in [2.45, 2.75) is 6.92 Å². The van der Waals surface area contributed by atoms with Crippen LogP contribution in [0, 0.1) is 0 Å². The van der Waals surface area contributed by atoms with Gasteiger partial charge in [-0.15, -0.1) is 11.3 Å². The molecule has 0 bridgehead atoms. The summed E-state index contributed by atoms with van der Waals surface area (Å²) in [5, 5.41) is 5.85. The first-order valence-electron chi connectivity index (χ1n) is 4.80. The largest absolute Gasteiger partial charge is 0.380 e. The molecule has 0 fully saturated rings. The van der Waals surface area contributed by atoms with Gasteiger partial charge in [0, 0.05) is 18.0 Å². The van der Waals surface area contributed by atoms with E-state index in [-0.39, 0.29) is 0 Å². The predicted molar refractivity (Wildman–Crippen MR) is 75.6 cm³/mol. The summed E-state index contributed by atoms with van der Waals surface area (Å²) in [5.74, 6) is 0. The van der Waals surface area contributed by atoms with Crippen LogP contribution in [-0.4, -0.2) is 11.5 Å². The number of thiophene rings is 1. The summed E-state index contributed by atoms with van der Waals surface area (Å²) in [6.45, 7) is 2.79. The minimum Gasteiger partial charge on any atom is -0.380 e. The van der Waals surface area contributed by atoms with Crippen LogP contribution in [0.4, 0.5) is 5.69 Å². The minimum absolute atomic E-state index is 0.509. The van der Waals surface area contributed by atoms with Gasteiger partial charge in [0.15, 0.2) is 0 Å². The third-order valence-electron chi connectivity index (χ3n) is 2.09. The Balaban J connectivity index is 2.43. The maximum atomic E-state index is 5.98. The minimum atomic E-state index is 0.509. The average molecular weight is 318 g/mol. The van der Waals surface area contributed by atoms with Crippen molar-refractivity contribution >= 4 is 54.8 Å². The normalized spacial score (nSPS) is 11.4. The van der Waals surface area contributed by atoms with E-state index in [1.165, 1.54) is 0 Å². The van der Waals surface area contributed by atoms with Gasteiger partial charge < -0.3 is 5.32 Å². The lowest BCUT2D eigenvalue weighted by Crippen LogP contribution is -1.98. The van der Waals surface area contributed by atoms with Crippen LogP contribution in [0.2, 0.25) is 5.15 Å². The second-order valence-electron chi connectivity index (χ2n) is 3.20. The van der Waals surface area contributed by atoms with Gasteiger partial charge in [-0.3, -0.25) is 0 Å². The summed E-state index contributed by atoms with van der Waals surface area (Å²) in [5.41, 5.74) is 1.95. The molecule has 2 rings (SSSR count). The zero-order valence-corrected chi connectivity index (χ0v) is 11.8. The van der Waals surface area contributed by atoms with Crippen LogP contribution in [-0.2, 0) is 0 Å². The molecule has 0 aliphatic rings. The van der Waals surface area contributed by atoms with Crippen LogP contribution in [0.5, 0.6) is 0 Å². The first kappa shape index (κ1) is 11.9. The highest BCUT2D eigenvalue weighted by molar-refractivity contribution is 9.10. The number of aromatic nitrogens is 1. The first-order valence-corrected chi connectivity index (χ1v) is 6.85. The number of anilines is 1. The number of hydrogen-bond donors (Lipinski definition) is 1. The van der Waals surface area contributed by atoms with Gasteiger partial charge in [-0.05, 0) is 22.9 Å². The van der Waals surface area contributed by atoms with Gasteiger partial charge >= 0.3 is 0 Å². The lowest BCUT2D eigenvalue weighted by Gasteiger charge is -2.05. The number of nitrogens with zero attached hydrogens (tertiary/aromatic N) is 1. The molecule has 0 unspecified atom stereocenters. The van der Waals surface area contributed by atoms with Crippen LogP contribution in [0.25, 0.3) is 10.2 Å². The van der Waals surface area contributed by atoms with Crippen molar-refractivity contribution in [3.63, 3.8) is 0 Å².